The molecule has 0 bridgehead atoms. The van der Waals surface area contributed by atoms with Crippen LogP contribution in [0.5, 0.6) is 0 Å². The Hall–Kier alpha value is -3.75. The molecule has 0 radical (unpaired) electrons. The molecule has 0 spiro atoms. The Kier molecular flexibility index (Phi) is 4.96. The number of anilines is 2. The van der Waals surface area contributed by atoms with Gasteiger partial charge in [-0.15, -0.1) is 0 Å². The number of nitrogens with two attached hydrogens (primary N) is 1. The summed E-state index contributed by atoms with van der Waals surface area (Å²) in [5, 5.41) is 0.302. The van der Waals surface area contributed by atoms with E-state index < -0.39 is 17.6 Å². The van der Waals surface area contributed by atoms with Gasteiger partial charge < -0.3 is 10.6 Å². The maximum atomic E-state index is 13.8. The van der Waals surface area contributed by atoms with Gasteiger partial charge in [-0.3, -0.25) is 0 Å². The normalized spacial score (nSPS) is 11.7. The summed E-state index contributed by atoms with van der Waals surface area (Å²) >= 11 is 0. The van der Waals surface area contributed by atoms with Gasteiger partial charge in [-0.05, 0) is 41.5 Å². The van der Waals surface area contributed by atoms with Crippen LogP contribution in [0.25, 0.3) is 33.4 Å². The summed E-state index contributed by atoms with van der Waals surface area (Å²) in [6, 6.07) is 11.9. The molecule has 0 saturated carbocycles. The van der Waals surface area contributed by atoms with Crippen LogP contribution in [-0.4, -0.2) is 29.0 Å². The van der Waals surface area contributed by atoms with E-state index >= 15 is 0 Å². The molecule has 31 heavy (non-hydrogen) atoms. The van der Waals surface area contributed by atoms with Crippen LogP contribution in [-0.2, 0) is 6.18 Å². The zero-order valence-electron chi connectivity index (χ0n) is 16.6. The first kappa shape index (κ1) is 20.5. The fraction of sp³-hybridized carbons (Fsp3) is 0.136. The van der Waals surface area contributed by atoms with E-state index in [1.165, 1.54) is 12.4 Å². The van der Waals surface area contributed by atoms with Crippen molar-refractivity contribution in [3.8, 4) is 22.4 Å². The first-order valence-electron chi connectivity index (χ1n) is 9.21. The Morgan fingerprint density at radius 1 is 0.903 bits per heavy atom. The van der Waals surface area contributed by atoms with Crippen LogP contribution in [0.3, 0.4) is 0 Å². The van der Waals surface area contributed by atoms with Gasteiger partial charge in [0.1, 0.15) is 18.0 Å². The minimum Gasteiger partial charge on any atom is -0.383 e. The van der Waals surface area contributed by atoms with Crippen LogP contribution >= 0.6 is 0 Å². The minimum absolute atomic E-state index is 0.0693. The monoisotopic (exact) mass is 427 g/mol. The average Bonchev–Trinajstić information content (AvgIpc) is 2.73. The maximum absolute atomic E-state index is 13.8. The summed E-state index contributed by atoms with van der Waals surface area (Å²) in [7, 11) is 3.82. The van der Waals surface area contributed by atoms with E-state index in [-0.39, 0.29) is 17.0 Å². The summed E-state index contributed by atoms with van der Waals surface area (Å²) < 4.78 is 53.7. The molecule has 0 aliphatic carbocycles. The van der Waals surface area contributed by atoms with Gasteiger partial charge >= 0.3 is 6.18 Å². The van der Waals surface area contributed by atoms with E-state index in [0.29, 0.717) is 16.6 Å². The molecule has 0 aliphatic rings. The van der Waals surface area contributed by atoms with Gasteiger partial charge in [0.25, 0.3) is 0 Å². The molecule has 9 heteroatoms. The molecule has 0 unspecified atom stereocenters. The smallest absolute Gasteiger partial charge is 0.383 e. The van der Waals surface area contributed by atoms with Crippen molar-refractivity contribution < 1.29 is 17.6 Å². The van der Waals surface area contributed by atoms with Crippen molar-refractivity contribution in [2.45, 2.75) is 6.18 Å². The first-order chi connectivity index (χ1) is 14.6. The Balaban J connectivity index is 1.96. The molecule has 2 aromatic carbocycles. The molecule has 4 rings (SSSR count). The number of rotatable bonds is 3. The number of aromatic nitrogens is 3. The number of pyridine rings is 1. The second-order valence-electron chi connectivity index (χ2n) is 7.15. The van der Waals surface area contributed by atoms with E-state index in [9.17, 15) is 17.6 Å². The van der Waals surface area contributed by atoms with Crippen LogP contribution in [0.1, 0.15) is 5.56 Å². The van der Waals surface area contributed by atoms with Gasteiger partial charge in [0, 0.05) is 25.3 Å². The molecule has 0 aliphatic heterocycles. The molecule has 0 amide bonds. The predicted octanol–water partition coefficient (Wildman–Crippen LogP) is 5.16. The number of hydrogen-bond acceptors (Lipinski definition) is 5. The van der Waals surface area contributed by atoms with Gasteiger partial charge in [-0.2, -0.15) is 13.2 Å². The van der Waals surface area contributed by atoms with Crippen LogP contribution < -0.4 is 10.6 Å². The van der Waals surface area contributed by atoms with Crippen molar-refractivity contribution in [3.63, 3.8) is 0 Å². The molecule has 0 saturated heterocycles. The molecule has 158 valence electrons. The number of alkyl halides is 3. The quantitative estimate of drug-likeness (QED) is 0.457. The Labute approximate surface area is 175 Å². The maximum Gasteiger partial charge on any atom is 0.419 e. The number of nitrogen functional groups attached to an aromatic ring is 1. The molecule has 0 atom stereocenters. The van der Waals surface area contributed by atoms with Crippen LogP contribution in [0.4, 0.5) is 29.1 Å². The van der Waals surface area contributed by atoms with Crippen molar-refractivity contribution in [2.75, 3.05) is 24.7 Å². The van der Waals surface area contributed by atoms with Crippen LogP contribution in [0.2, 0.25) is 0 Å². The highest BCUT2D eigenvalue weighted by atomic mass is 19.4. The van der Waals surface area contributed by atoms with E-state index in [1.54, 1.807) is 6.07 Å². The van der Waals surface area contributed by atoms with Crippen molar-refractivity contribution in [3.05, 3.63) is 66.2 Å². The van der Waals surface area contributed by atoms with Crippen molar-refractivity contribution >= 4 is 22.5 Å². The van der Waals surface area contributed by atoms with Gasteiger partial charge in [0.15, 0.2) is 5.65 Å². The molecule has 4 aromatic rings. The number of fused-ring (bicyclic) bond motifs is 1. The van der Waals surface area contributed by atoms with Crippen molar-refractivity contribution in [1.29, 1.82) is 0 Å². The highest BCUT2D eigenvalue weighted by Gasteiger charge is 2.34. The molecule has 2 heterocycles. The molecule has 0 fully saturated rings. The first-order valence-corrected chi connectivity index (χ1v) is 9.21. The summed E-state index contributed by atoms with van der Waals surface area (Å²) in [5.41, 5.74) is 7.54. The average molecular weight is 427 g/mol. The Morgan fingerprint density at radius 2 is 1.58 bits per heavy atom. The largest absolute Gasteiger partial charge is 0.419 e. The van der Waals surface area contributed by atoms with E-state index in [1.807, 2.05) is 43.3 Å². The third-order valence-corrected chi connectivity index (χ3v) is 4.90. The minimum atomic E-state index is -4.84. The topological polar surface area (TPSA) is 67.9 Å². The van der Waals surface area contributed by atoms with Crippen LogP contribution in [0, 0.1) is 5.82 Å². The lowest BCUT2D eigenvalue weighted by molar-refractivity contribution is -0.139. The van der Waals surface area contributed by atoms with E-state index in [0.717, 1.165) is 23.4 Å². The molecule has 2 N–H and O–H groups in total. The fourth-order valence-corrected chi connectivity index (χ4v) is 3.30. The third-order valence-electron chi connectivity index (χ3n) is 4.90. The molecule has 5 nitrogen and oxygen atoms in total. The summed E-state index contributed by atoms with van der Waals surface area (Å²) in [6.45, 7) is 0. The Bertz CT molecular complexity index is 1270. The second-order valence-corrected chi connectivity index (χ2v) is 7.15. The van der Waals surface area contributed by atoms with Gasteiger partial charge in [-0.25, -0.2) is 19.3 Å². The van der Waals surface area contributed by atoms with Crippen LogP contribution in [0.15, 0.2) is 54.9 Å². The van der Waals surface area contributed by atoms with E-state index in [4.69, 9.17) is 5.73 Å². The van der Waals surface area contributed by atoms with Gasteiger partial charge in [-0.1, -0.05) is 18.2 Å². The Morgan fingerprint density at radius 3 is 2.23 bits per heavy atom. The molecular formula is C22H17F4N5. The fourth-order valence-electron chi connectivity index (χ4n) is 3.30. The summed E-state index contributed by atoms with van der Waals surface area (Å²) in [4.78, 5) is 14.5. The number of nitrogens with zero attached hydrogens (tertiary/aromatic N) is 4. The SMILES string of the molecule is CN(C)c1ccc(-c2cc(-c3ccc(F)c(C(F)(F)F)c3)c3c(N)ncnc3n2)cc1. The summed E-state index contributed by atoms with van der Waals surface area (Å²) in [5.74, 6) is -1.28. The van der Waals surface area contributed by atoms with Crippen molar-refractivity contribution in [2.24, 2.45) is 0 Å². The second kappa shape index (κ2) is 7.50. The zero-order valence-corrected chi connectivity index (χ0v) is 16.6. The molecular weight excluding hydrogens is 410 g/mol. The van der Waals surface area contributed by atoms with E-state index in [2.05, 4.69) is 15.0 Å². The highest BCUT2D eigenvalue weighted by Crippen LogP contribution is 2.38. The van der Waals surface area contributed by atoms with Gasteiger partial charge in [0.2, 0.25) is 0 Å². The number of hydrogen-bond donors (Lipinski definition) is 1. The lowest BCUT2D eigenvalue weighted by atomic mass is 9.97. The van der Waals surface area contributed by atoms with Crippen molar-refractivity contribution in [1.82, 2.24) is 15.0 Å². The zero-order chi connectivity index (χ0) is 22.3. The standard InChI is InChI=1S/C22H17F4N5/c1-31(2)14-6-3-12(4-7-14)18-10-15(19-20(27)28-11-29-21(19)30-18)13-5-8-17(23)16(9-13)22(24,25)26/h3-11H,1-2H3,(H2,27,28,29,30). The third kappa shape index (κ3) is 3.86. The number of benzene rings is 2. The lowest BCUT2D eigenvalue weighted by Gasteiger charge is -2.15. The molecule has 2 aromatic heterocycles. The van der Waals surface area contributed by atoms with Gasteiger partial charge in [0.05, 0.1) is 16.6 Å². The summed E-state index contributed by atoms with van der Waals surface area (Å²) in [6.07, 6.45) is -3.60. The predicted molar refractivity (Wildman–Crippen MR) is 112 cm³/mol. The lowest BCUT2D eigenvalue weighted by Crippen LogP contribution is -2.08. The highest BCUT2D eigenvalue weighted by molar-refractivity contribution is 6.01. The number of halogens is 4.